The highest BCUT2D eigenvalue weighted by molar-refractivity contribution is 5.82. The van der Waals surface area contributed by atoms with Gasteiger partial charge in [0.25, 0.3) is 0 Å². The van der Waals surface area contributed by atoms with E-state index in [2.05, 4.69) is 39.8 Å². The predicted octanol–water partition coefficient (Wildman–Crippen LogP) is 1.13. The summed E-state index contributed by atoms with van der Waals surface area (Å²) in [5.41, 5.74) is 1.34. The zero-order valence-corrected chi connectivity index (χ0v) is 11.8. The summed E-state index contributed by atoms with van der Waals surface area (Å²) in [6.07, 6.45) is 3.15. The topological polar surface area (TPSA) is 44.4 Å². The zero-order valence-electron chi connectivity index (χ0n) is 11.8. The molecule has 2 atom stereocenters. The summed E-state index contributed by atoms with van der Waals surface area (Å²) in [5, 5.41) is 6.45. The van der Waals surface area contributed by atoms with Gasteiger partial charge in [-0.2, -0.15) is 0 Å². The van der Waals surface area contributed by atoms with Crippen LogP contribution in [0.5, 0.6) is 0 Å². The molecule has 2 aliphatic heterocycles. The van der Waals surface area contributed by atoms with Gasteiger partial charge >= 0.3 is 0 Å². The molecule has 0 bridgehead atoms. The second kappa shape index (κ2) is 6.37. The molecule has 2 aliphatic rings. The van der Waals surface area contributed by atoms with Gasteiger partial charge in [-0.25, -0.2) is 0 Å². The van der Waals surface area contributed by atoms with Gasteiger partial charge in [-0.3, -0.25) is 9.69 Å². The molecule has 2 saturated heterocycles. The molecule has 2 N–H and O–H groups in total. The Balaban J connectivity index is 1.46. The fourth-order valence-electron chi connectivity index (χ4n) is 3.15. The smallest absolute Gasteiger partial charge is 0.237 e. The maximum Gasteiger partial charge on any atom is 0.237 e. The lowest BCUT2D eigenvalue weighted by Gasteiger charge is -2.18. The van der Waals surface area contributed by atoms with Gasteiger partial charge in [0.1, 0.15) is 0 Å². The Hall–Kier alpha value is -1.39. The van der Waals surface area contributed by atoms with E-state index in [9.17, 15) is 4.79 Å². The van der Waals surface area contributed by atoms with Gasteiger partial charge in [0.15, 0.2) is 0 Å². The maximum atomic E-state index is 12.1. The molecule has 0 spiro atoms. The average molecular weight is 273 g/mol. The SMILES string of the molecule is O=C(NC1CCN(Cc2ccccc2)C1)[C@H]1CCCN1. The van der Waals surface area contributed by atoms with Gasteiger partial charge in [0.2, 0.25) is 5.91 Å². The van der Waals surface area contributed by atoms with Crippen LogP contribution in [0.4, 0.5) is 0 Å². The van der Waals surface area contributed by atoms with Crippen molar-refractivity contribution in [2.75, 3.05) is 19.6 Å². The van der Waals surface area contributed by atoms with Gasteiger partial charge in [-0.05, 0) is 31.4 Å². The number of carbonyl (C=O) groups is 1. The molecule has 3 rings (SSSR count). The second-order valence-electron chi connectivity index (χ2n) is 5.86. The first kappa shape index (κ1) is 13.6. The number of nitrogens with zero attached hydrogens (tertiary/aromatic N) is 1. The summed E-state index contributed by atoms with van der Waals surface area (Å²) in [7, 11) is 0. The lowest BCUT2D eigenvalue weighted by Crippen LogP contribution is -2.46. The first-order valence-electron chi connectivity index (χ1n) is 7.61. The molecular formula is C16H23N3O. The van der Waals surface area contributed by atoms with E-state index in [4.69, 9.17) is 0 Å². The van der Waals surface area contributed by atoms with Crippen LogP contribution in [0.2, 0.25) is 0 Å². The fourth-order valence-corrected chi connectivity index (χ4v) is 3.15. The summed E-state index contributed by atoms with van der Waals surface area (Å²) >= 11 is 0. The van der Waals surface area contributed by atoms with E-state index in [1.54, 1.807) is 0 Å². The molecule has 1 amide bonds. The van der Waals surface area contributed by atoms with Crippen LogP contribution in [-0.4, -0.2) is 42.5 Å². The minimum Gasteiger partial charge on any atom is -0.351 e. The highest BCUT2D eigenvalue weighted by Crippen LogP contribution is 2.14. The van der Waals surface area contributed by atoms with Gasteiger partial charge in [0, 0.05) is 25.7 Å². The van der Waals surface area contributed by atoms with Crippen molar-refractivity contribution < 1.29 is 4.79 Å². The number of amides is 1. The van der Waals surface area contributed by atoms with E-state index in [0.29, 0.717) is 6.04 Å². The third-order valence-electron chi connectivity index (χ3n) is 4.24. The largest absolute Gasteiger partial charge is 0.351 e. The Morgan fingerprint density at radius 1 is 1.30 bits per heavy atom. The van der Waals surface area contributed by atoms with Crippen molar-refractivity contribution in [3.05, 3.63) is 35.9 Å². The Morgan fingerprint density at radius 3 is 2.90 bits per heavy atom. The molecule has 20 heavy (non-hydrogen) atoms. The quantitative estimate of drug-likeness (QED) is 0.864. The average Bonchev–Trinajstić information content (AvgIpc) is 3.11. The van der Waals surface area contributed by atoms with Crippen LogP contribution in [0.25, 0.3) is 0 Å². The number of nitrogens with one attached hydrogen (secondary N) is 2. The van der Waals surface area contributed by atoms with Crippen LogP contribution in [0.3, 0.4) is 0 Å². The normalized spacial score (nSPS) is 26.8. The number of likely N-dealkylation sites (tertiary alicyclic amines) is 1. The van der Waals surface area contributed by atoms with E-state index in [1.807, 2.05) is 6.07 Å². The van der Waals surface area contributed by atoms with Gasteiger partial charge in [-0.15, -0.1) is 0 Å². The maximum absolute atomic E-state index is 12.1. The Kier molecular flexibility index (Phi) is 4.33. The highest BCUT2D eigenvalue weighted by atomic mass is 16.2. The van der Waals surface area contributed by atoms with Gasteiger partial charge < -0.3 is 10.6 Å². The molecule has 2 heterocycles. The Bertz CT molecular complexity index is 442. The third-order valence-corrected chi connectivity index (χ3v) is 4.24. The molecule has 1 aromatic carbocycles. The minimum absolute atomic E-state index is 0.0400. The fraction of sp³-hybridized carbons (Fsp3) is 0.562. The second-order valence-corrected chi connectivity index (χ2v) is 5.86. The lowest BCUT2D eigenvalue weighted by molar-refractivity contribution is -0.123. The van der Waals surface area contributed by atoms with E-state index < -0.39 is 0 Å². The van der Waals surface area contributed by atoms with Crippen molar-refractivity contribution in [2.45, 2.75) is 37.9 Å². The molecule has 0 radical (unpaired) electrons. The number of hydrogen-bond donors (Lipinski definition) is 2. The lowest BCUT2D eigenvalue weighted by atomic mass is 10.2. The first-order chi connectivity index (χ1) is 9.81. The van der Waals surface area contributed by atoms with E-state index in [1.165, 1.54) is 5.56 Å². The number of hydrogen-bond acceptors (Lipinski definition) is 3. The van der Waals surface area contributed by atoms with Crippen LogP contribution in [0.1, 0.15) is 24.8 Å². The molecule has 2 fully saturated rings. The monoisotopic (exact) mass is 273 g/mol. The molecule has 0 aromatic heterocycles. The van der Waals surface area contributed by atoms with Crippen molar-refractivity contribution >= 4 is 5.91 Å². The van der Waals surface area contributed by atoms with Crippen molar-refractivity contribution in [3.8, 4) is 0 Å². The Labute approximate surface area is 120 Å². The highest BCUT2D eigenvalue weighted by Gasteiger charge is 2.28. The number of benzene rings is 1. The standard InChI is InChI=1S/C16H23N3O/c20-16(15-7-4-9-17-15)18-14-8-10-19(12-14)11-13-5-2-1-3-6-13/h1-3,5-6,14-15,17H,4,7-12H2,(H,18,20)/t14?,15-/m1/s1. The Morgan fingerprint density at radius 2 is 2.15 bits per heavy atom. The summed E-state index contributed by atoms with van der Waals surface area (Å²) in [5.74, 6) is 0.189. The molecular weight excluding hydrogens is 250 g/mol. The number of carbonyl (C=O) groups excluding carboxylic acids is 1. The van der Waals surface area contributed by atoms with Gasteiger partial charge in [-0.1, -0.05) is 30.3 Å². The van der Waals surface area contributed by atoms with Crippen LogP contribution < -0.4 is 10.6 Å². The number of rotatable bonds is 4. The van der Waals surface area contributed by atoms with Gasteiger partial charge in [0.05, 0.1) is 6.04 Å². The summed E-state index contributed by atoms with van der Waals surface area (Å²) < 4.78 is 0. The van der Waals surface area contributed by atoms with Crippen LogP contribution >= 0.6 is 0 Å². The predicted molar refractivity (Wildman–Crippen MR) is 79.3 cm³/mol. The minimum atomic E-state index is 0.0400. The molecule has 1 unspecified atom stereocenters. The van der Waals surface area contributed by atoms with E-state index >= 15 is 0 Å². The van der Waals surface area contributed by atoms with Crippen LogP contribution in [-0.2, 0) is 11.3 Å². The molecule has 0 aliphatic carbocycles. The van der Waals surface area contributed by atoms with E-state index in [0.717, 1.165) is 45.4 Å². The van der Waals surface area contributed by atoms with Crippen LogP contribution in [0, 0.1) is 0 Å². The molecule has 0 saturated carbocycles. The van der Waals surface area contributed by atoms with E-state index in [-0.39, 0.29) is 11.9 Å². The van der Waals surface area contributed by atoms with Crippen molar-refractivity contribution in [1.82, 2.24) is 15.5 Å². The molecule has 1 aromatic rings. The molecule has 4 heteroatoms. The summed E-state index contributed by atoms with van der Waals surface area (Å²) in [6.45, 7) is 3.99. The van der Waals surface area contributed by atoms with Crippen molar-refractivity contribution in [1.29, 1.82) is 0 Å². The van der Waals surface area contributed by atoms with Crippen molar-refractivity contribution in [2.24, 2.45) is 0 Å². The molecule has 4 nitrogen and oxygen atoms in total. The third kappa shape index (κ3) is 3.38. The van der Waals surface area contributed by atoms with Crippen LogP contribution in [0.15, 0.2) is 30.3 Å². The first-order valence-corrected chi connectivity index (χ1v) is 7.61. The van der Waals surface area contributed by atoms with Crippen molar-refractivity contribution in [3.63, 3.8) is 0 Å². The zero-order chi connectivity index (χ0) is 13.8. The molecule has 108 valence electrons. The summed E-state index contributed by atoms with van der Waals surface area (Å²) in [6, 6.07) is 10.9. The summed E-state index contributed by atoms with van der Waals surface area (Å²) in [4.78, 5) is 14.5.